The lowest BCUT2D eigenvalue weighted by Crippen LogP contribution is -2.62. The van der Waals surface area contributed by atoms with E-state index in [0.717, 1.165) is 13.8 Å². The number of aromatic nitrogens is 1. The Morgan fingerprint density at radius 3 is 1.30 bits per heavy atom. The average molecular weight is 1490 g/mol. The van der Waals surface area contributed by atoms with Crippen molar-refractivity contribution in [1.29, 1.82) is 0 Å². The van der Waals surface area contributed by atoms with Crippen LogP contribution in [0, 0.1) is 0 Å². The number of aliphatic hydroxyl groups is 2. The number of hydrogen-bond acceptors (Lipinski definition) is 22. The number of nitrogens with zero attached hydrogens (tertiary/aromatic N) is 4. The molecule has 570 valence electrons. The molecule has 1 saturated heterocycles. The van der Waals surface area contributed by atoms with Crippen molar-refractivity contribution in [1.82, 2.24) is 67.1 Å². The average Bonchev–Trinajstić information content (AvgIpc) is 1.67. The zero-order valence-electron chi connectivity index (χ0n) is 57.8. The molecule has 8 amide bonds. The molecule has 1 unspecified atom stereocenters. The molecule has 1 aromatic heterocycles. The fourth-order valence-corrected chi connectivity index (χ4v) is 12.1. The molecule has 3 aromatic carbocycles. The number of amides is 8. The minimum Gasteiger partial charge on any atom is -0.480 e. The van der Waals surface area contributed by atoms with E-state index in [4.69, 9.17) is 5.73 Å². The maximum Gasteiger partial charge on any atom is 0.328 e. The number of carbonyl (C=O) groups excluding carboxylic acids is 8. The van der Waals surface area contributed by atoms with Gasteiger partial charge in [-0.05, 0) is 68.8 Å². The number of carboxylic acids is 5. The number of aromatic amines is 1. The number of rotatable bonds is 41. The van der Waals surface area contributed by atoms with E-state index in [9.17, 15) is 93.3 Å². The van der Waals surface area contributed by atoms with Crippen LogP contribution < -0.4 is 48.3 Å². The molecule has 4 aromatic rings. The molecule has 34 nitrogen and oxygen atoms in total. The minimum absolute atomic E-state index is 0.0128. The third-order valence-electron chi connectivity index (χ3n) is 17.2. The van der Waals surface area contributed by atoms with Crippen LogP contribution in [0.25, 0.3) is 10.9 Å². The van der Waals surface area contributed by atoms with Crippen LogP contribution in [0.2, 0.25) is 0 Å². The fraction of sp³-hybridized carbons (Fsp3) is 0.515. The van der Waals surface area contributed by atoms with E-state index in [1.165, 1.54) is 14.7 Å². The van der Waals surface area contributed by atoms with E-state index in [2.05, 4.69) is 72.8 Å². The van der Waals surface area contributed by atoms with Crippen molar-refractivity contribution < 1.29 is 98.1 Å². The Labute approximate surface area is 611 Å². The van der Waals surface area contributed by atoms with Crippen LogP contribution in [0.4, 0.5) is 0 Å². The molecule has 0 aliphatic carbocycles. The summed E-state index contributed by atoms with van der Waals surface area (Å²) in [6.45, 7) is 1.27. The van der Waals surface area contributed by atoms with Gasteiger partial charge in [0.05, 0.1) is 31.8 Å². The molecule has 1 aliphatic rings. The molecule has 11 atom stereocenters. The molecule has 0 saturated carbocycles. The zero-order chi connectivity index (χ0) is 76.6. The van der Waals surface area contributed by atoms with Crippen LogP contribution in [0.3, 0.4) is 0 Å². The molecular weight excluding hydrogens is 1400 g/mol. The monoisotopic (exact) mass is 1490 g/mol. The van der Waals surface area contributed by atoms with E-state index in [0.29, 0.717) is 34.0 Å². The zero-order valence-corrected chi connectivity index (χ0v) is 59.6. The Bertz CT molecular complexity index is 3510. The highest BCUT2D eigenvalue weighted by molar-refractivity contribution is 7.80. The molecule has 104 heavy (non-hydrogen) atoms. The Morgan fingerprint density at radius 2 is 0.846 bits per heavy atom. The van der Waals surface area contributed by atoms with E-state index in [1.807, 2.05) is 0 Å². The second-order valence-corrected chi connectivity index (χ2v) is 26.0. The number of H-pyrrole nitrogens is 1. The number of fused-ring (bicyclic) bond motifs is 1. The van der Waals surface area contributed by atoms with Gasteiger partial charge in [-0.15, -0.1) is 0 Å². The number of benzene rings is 3. The molecule has 1 fully saturated rings. The van der Waals surface area contributed by atoms with Crippen molar-refractivity contribution >= 4 is 113 Å². The molecule has 5 rings (SSSR count). The van der Waals surface area contributed by atoms with Gasteiger partial charge in [0.2, 0.25) is 47.3 Å². The third kappa shape index (κ3) is 28.8. The van der Waals surface area contributed by atoms with Crippen LogP contribution in [-0.4, -0.2) is 294 Å². The van der Waals surface area contributed by atoms with E-state index in [1.54, 1.807) is 96.0 Å². The SMILES string of the molecule is C[C@@H](O)[C@H](NC(=O)[C@H](CS)NC(=O)[C@@H](NC(=O)[C@H](CCCCN)NC(=O)[C@@H](Cc1c[nH]c2ccccc12)NC(=O)[C@H](Cc1ccccc1)NC(=O)[C@H](CS)NC(=O)[C@@H](Cc1ccccc1)NC(=O)CCC(C(=O)O)N1CCN(CC(=O)O)CCN(CC(=O)O)CCN(CC(=O)O)CC1)[C@@H](C)O)C(=O)O. The van der Waals surface area contributed by atoms with Crippen molar-refractivity contribution in [2.75, 3.05) is 90.0 Å². The van der Waals surface area contributed by atoms with Gasteiger partial charge in [-0.1, -0.05) is 78.9 Å². The Morgan fingerprint density at radius 1 is 0.452 bits per heavy atom. The standard InChI is InChI=1S/C68H96N14O20S2/c1-40(83)58(66(98)76-52(39-104)65(97)78-59(41(2)84)68(101)102)77-60(92)47(19-11-12-22-69)72-63(95)50(33-44-34-70-46-18-10-9-17-45(44)46)74-62(94)49(32-43-15-7-4-8-16-43)73-64(96)51(38-103)75-61(93)48(31-42-13-5-3-6-14-42)71-54(85)21-20-53(67(99)100)82-29-27-80(36-56(88)89)25-23-79(35-55(86)87)24-26-81(28-30-82)37-57(90)91/h3-10,13-18,34,40-41,47-53,58-59,70,83-84,103-104H,11-12,19-33,35-39,69H2,1-2H3,(H,71,85)(H,72,95)(H,73,96)(H,74,94)(H,75,93)(H,76,98)(H,77,92)(H,78,97)(H,86,87)(H,88,89)(H,90,91)(H,99,100)(H,101,102)/t40-,41-,47+,48-,49+,50-,51+,52+,53?,58+,59+/m1/s1. The van der Waals surface area contributed by atoms with Gasteiger partial charge >= 0.3 is 29.8 Å². The predicted molar refractivity (Wildman–Crippen MR) is 384 cm³/mol. The number of nitrogens with two attached hydrogens (primary N) is 1. The molecule has 0 radical (unpaired) electrons. The number of aliphatic hydroxyl groups excluding tert-OH is 2. The summed E-state index contributed by atoms with van der Waals surface area (Å²) in [5.74, 6) is -14.9. The summed E-state index contributed by atoms with van der Waals surface area (Å²) in [5.41, 5.74) is 8.10. The lowest BCUT2D eigenvalue weighted by Gasteiger charge is -2.35. The second kappa shape index (κ2) is 43.7. The maximum atomic E-state index is 15.0. The molecule has 0 spiro atoms. The van der Waals surface area contributed by atoms with Gasteiger partial charge in [-0.25, -0.2) is 4.79 Å². The summed E-state index contributed by atoms with van der Waals surface area (Å²) in [6, 6.07) is 9.93. The first-order chi connectivity index (χ1) is 49.5. The Kier molecular flexibility index (Phi) is 35.9. The van der Waals surface area contributed by atoms with Gasteiger partial charge in [0.15, 0.2) is 6.04 Å². The predicted octanol–water partition coefficient (Wildman–Crippen LogP) is -3.38. The molecule has 36 heteroatoms. The van der Waals surface area contributed by atoms with Gasteiger partial charge in [-0.3, -0.25) is 77.1 Å². The van der Waals surface area contributed by atoms with E-state index >= 15 is 4.79 Å². The van der Waals surface area contributed by atoms with Crippen LogP contribution in [0.5, 0.6) is 0 Å². The summed E-state index contributed by atoms with van der Waals surface area (Å²) in [4.78, 5) is 184. The van der Waals surface area contributed by atoms with Crippen molar-refractivity contribution in [3.63, 3.8) is 0 Å². The lowest BCUT2D eigenvalue weighted by atomic mass is 10.0. The number of unbranched alkanes of at least 4 members (excludes halogenated alkanes) is 1. The Balaban J connectivity index is 1.40. The highest BCUT2D eigenvalue weighted by Crippen LogP contribution is 2.21. The maximum absolute atomic E-state index is 15.0. The highest BCUT2D eigenvalue weighted by Gasteiger charge is 2.38. The van der Waals surface area contributed by atoms with Gasteiger partial charge < -0.3 is 89.0 Å². The van der Waals surface area contributed by atoms with Gasteiger partial charge in [-0.2, -0.15) is 25.3 Å². The molecule has 18 N–H and O–H groups in total. The summed E-state index contributed by atoms with van der Waals surface area (Å²) >= 11 is 8.51. The number of carboxylic acid groups (broad SMARTS) is 5. The van der Waals surface area contributed by atoms with Crippen molar-refractivity contribution in [3.05, 3.63) is 108 Å². The smallest absolute Gasteiger partial charge is 0.328 e. The molecular formula is C68H96N14O20S2. The number of thiol groups is 2. The van der Waals surface area contributed by atoms with Gasteiger partial charge in [0, 0.05) is 107 Å². The molecule has 2 heterocycles. The first-order valence-electron chi connectivity index (χ1n) is 33.9. The quantitative estimate of drug-likeness (QED) is 0.0152. The first kappa shape index (κ1) is 85.4. The van der Waals surface area contributed by atoms with Gasteiger partial charge in [0.25, 0.3) is 0 Å². The number of aliphatic carboxylic acids is 5. The fourth-order valence-electron chi connectivity index (χ4n) is 11.6. The number of nitrogens with one attached hydrogen (secondary N) is 9. The summed E-state index contributed by atoms with van der Waals surface area (Å²) in [6.07, 6.45) is -2.52. The number of hydrogen-bond donors (Lipinski definition) is 19. The Hall–Kier alpha value is -9.27. The molecule has 0 bridgehead atoms. The number of carbonyl (C=O) groups is 13. The number of para-hydroxylation sites is 1. The van der Waals surface area contributed by atoms with Crippen LogP contribution in [-0.2, 0) is 81.6 Å². The third-order valence-corrected chi connectivity index (χ3v) is 18.0. The highest BCUT2D eigenvalue weighted by atomic mass is 32.1. The lowest BCUT2D eigenvalue weighted by molar-refractivity contribution is -0.145. The molecule has 1 aliphatic heterocycles. The summed E-state index contributed by atoms with van der Waals surface area (Å²) < 4.78 is 0. The van der Waals surface area contributed by atoms with Crippen molar-refractivity contribution in [3.8, 4) is 0 Å². The summed E-state index contributed by atoms with van der Waals surface area (Å²) in [7, 11) is 0. The largest absolute Gasteiger partial charge is 0.480 e. The van der Waals surface area contributed by atoms with Crippen molar-refractivity contribution in [2.45, 2.75) is 132 Å². The normalized spacial score (nSPS) is 16.8. The van der Waals surface area contributed by atoms with Crippen LogP contribution in [0.15, 0.2) is 91.1 Å². The van der Waals surface area contributed by atoms with E-state index in [-0.39, 0.29) is 103 Å². The first-order valence-corrected chi connectivity index (χ1v) is 35.1. The minimum atomic E-state index is -1.80. The van der Waals surface area contributed by atoms with E-state index < -0.39 is 175 Å². The van der Waals surface area contributed by atoms with Gasteiger partial charge in [0.1, 0.15) is 48.3 Å². The van der Waals surface area contributed by atoms with Crippen LogP contribution >= 0.6 is 25.3 Å². The second-order valence-electron chi connectivity index (χ2n) is 25.2. The topological polar surface area (TPSA) is 515 Å². The van der Waals surface area contributed by atoms with Crippen molar-refractivity contribution in [2.24, 2.45) is 5.73 Å². The van der Waals surface area contributed by atoms with Crippen LogP contribution in [0.1, 0.15) is 62.6 Å². The summed E-state index contributed by atoms with van der Waals surface area (Å²) in [5, 5.41) is 91.0.